The summed E-state index contributed by atoms with van der Waals surface area (Å²) in [7, 11) is 1.68. The van der Waals surface area contributed by atoms with E-state index in [2.05, 4.69) is 20.2 Å². The van der Waals surface area contributed by atoms with E-state index in [9.17, 15) is 0 Å². The number of methoxy groups -OCH3 is 1. The van der Waals surface area contributed by atoms with Crippen LogP contribution in [-0.2, 0) is 23.7 Å². The lowest BCUT2D eigenvalue weighted by Gasteiger charge is -2.55. The maximum Gasteiger partial charge on any atom is 0.184 e. The summed E-state index contributed by atoms with van der Waals surface area (Å²) in [6.07, 6.45) is 1.65. The zero-order chi connectivity index (χ0) is 29.8. The van der Waals surface area contributed by atoms with Crippen molar-refractivity contribution < 1.29 is 23.7 Å². The zero-order valence-corrected chi connectivity index (χ0v) is 26.1. The number of rotatable bonds is 7. The Morgan fingerprint density at radius 2 is 2.00 bits per heavy atom. The normalized spacial score (nSPS) is 29.2. The lowest BCUT2D eigenvalue weighted by atomic mass is 9.78. The van der Waals surface area contributed by atoms with E-state index in [-0.39, 0.29) is 5.41 Å². The summed E-state index contributed by atoms with van der Waals surface area (Å²) in [6.45, 7) is 3.70. The van der Waals surface area contributed by atoms with Gasteiger partial charge in [0.25, 0.3) is 0 Å². The number of ether oxygens (including phenoxy) is 5. The first-order valence-electron chi connectivity index (χ1n) is 14.3. The van der Waals surface area contributed by atoms with Crippen molar-refractivity contribution in [2.24, 2.45) is 5.41 Å². The average Bonchev–Trinajstić information content (AvgIpc) is 3.65. The Hall–Kier alpha value is -2.82. The first-order valence-corrected chi connectivity index (χ1v) is 16.4. The first-order chi connectivity index (χ1) is 21.5. The number of anilines is 2. The third kappa shape index (κ3) is 5.16. The van der Waals surface area contributed by atoms with Gasteiger partial charge in [-0.15, -0.1) is 16.4 Å². The molecule has 6 atom stereocenters. The minimum absolute atomic E-state index is 0.233. The minimum Gasteiger partial charge on any atom is -0.380 e. The van der Waals surface area contributed by atoms with Crippen LogP contribution < -0.4 is 10.6 Å². The Labute approximate surface area is 266 Å². The quantitative estimate of drug-likeness (QED) is 0.308. The number of nitrogens with two attached hydrogens (primary N) is 1. The van der Waals surface area contributed by atoms with Crippen molar-refractivity contribution in [3.05, 3.63) is 64.8 Å². The highest BCUT2D eigenvalue weighted by molar-refractivity contribution is 8.00. The molecule has 1 aromatic carbocycles. The fourth-order valence-corrected chi connectivity index (χ4v) is 8.40. The van der Waals surface area contributed by atoms with Gasteiger partial charge >= 0.3 is 0 Å². The number of aromatic nitrogens is 5. The van der Waals surface area contributed by atoms with Crippen LogP contribution >= 0.6 is 34.7 Å². The van der Waals surface area contributed by atoms with Gasteiger partial charge in [0.1, 0.15) is 47.0 Å². The van der Waals surface area contributed by atoms with Crippen LogP contribution in [0.1, 0.15) is 17.9 Å². The van der Waals surface area contributed by atoms with Crippen LogP contribution in [0.15, 0.2) is 59.1 Å². The van der Waals surface area contributed by atoms with Crippen LogP contribution in [0.3, 0.4) is 0 Å². The molecule has 4 aromatic rings. The molecule has 4 aliphatic rings. The molecule has 3 aromatic heterocycles. The predicted molar refractivity (Wildman–Crippen MR) is 165 cm³/mol. The molecular formula is C29H30ClN7O5S2. The maximum atomic E-state index is 6.72. The second-order valence-corrected chi connectivity index (χ2v) is 14.0. The van der Waals surface area contributed by atoms with Gasteiger partial charge in [0.2, 0.25) is 0 Å². The summed E-state index contributed by atoms with van der Waals surface area (Å²) in [5.41, 5.74) is 7.86. The number of nitrogen functional groups attached to an aromatic ring is 1. The molecule has 4 fully saturated rings. The van der Waals surface area contributed by atoms with E-state index in [4.69, 9.17) is 46.0 Å². The highest BCUT2D eigenvalue weighted by Gasteiger charge is 2.53. The van der Waals surface area contributed by atoms with Crippen molar-refractivity contribution in [1.29, 1.82) is 0 Å². The number of fused-ring (bicyclic) bond motifs is 1. The molecule has 8 rings (SSSR count). The zero-order valence-electron chi connectivity index (χ0n) is 23.7. The highest BCUT2D eigenvalue weighted by Crippen LogP contribution is 2.48. The van der Waals surface area contributed by atoms with E-state index in [0.717, 1.165) is 42.6 Å². The molecule has 4 aliphatic heterocycles. The topological polar surface area (TPSA) is 132 Å². The molecule has 4 saturated heterocycles. The van der Waals surface area contributed by atoms with Gasteiger partial charge in [-0.3, -0.25) is 0 Å². The Balaban J connectivity index is 1.12. The van der Waals surface area contributed by atoms with Crippen molar-refractivity contribution in [1.82, 2.24) is 25.0 Å². The summed E-state index contributed by atoms with van der Waals surface area (Å²) < 4.78 is 33.0. The monoisotopic (exact) mass is 655 g/mol. The molecule has 7 heterocycles. The van der Waals surface area contributed by atoms with Crippen LogP contribution in [0.2, 0.25) is 5.02 Å². The number of benzene rings is 1. The molecular weight excluding hydrogens is 626 g/mol. The summed E-state index contributed by atoms with van der Waals surface area (Å²) in [6, 6.07) is 11.4. The Morgan fingerprint density at radius 1 is 1.16 bits per heavy atom. The average molecular weight is 656 g/mol. The fraction of sp³-hybridized carbons (Fsp3) is 0.448. The van der Waals surface area contributed by atoms with E-state index in [1.807, 2.05) is 48.0 Å². The van der Waals surface area contributed by atoms with E-state index in [1.165, 1.54) is 23.1 Å². The molecule has 230 valence electrons. The largest absolute Gasteiger partial charge is 0.380 e. The van der Waals surface area contributed by atoms with Crippen LogP contribution in [-0.4, -0.2) is 88.7 Å². The van der Waals surface area contributed by atoms with Crippen molar-refractivity contribution in [2.75, 3.05) is 50.7 Å². The number of hydrogen-bond donors (Lipinski definition) is 1. The summed E-state index contributed by atoms with van der Waals surface area (Å²) in [5.74, 6) is 0.874. The number of hydrogen-bond acceptors (Lipinski definition) is 13. The lowest BCUT2D eigenvalue weighted by molar-refractivity contribution is -0.308. The molecule has 0 bridgehead atoms. The van der Waals surface area contributed by atoms with Gasteiger partial charge in [-0.25, -0.2) is 14.6 Å². The third-order valence-electron chi connectivity index (χ3n) is 8.46. The second-order valence-electron chi connectivity index (χ2n) is 11.5. The van der Waals surface area contributed by atoms with Gasteiger partial charge < -0.3 is 34.3 Å². The Bertz CT molecular complexity index is 1630. The smallest absolute Gasteiger partial charge is 0.184 e. The summed E-state index contributed by atoms with van der Waals surface area (Å²) in [4.78, 5) is 12.3. The standard InChI is InChI=1S/C29H30ClN7O5S2/c1-38-24-22(37-9-18(34-35-37)19-11-43-28(31)33-19)23-20(10-40-26(42-23)16-5-3-2-4-6-16)41-27(24)44-21-7-17(30)8-32-25(21)36-12-29(13-36)14-39-15-29/h2-9,11,20,22-24,26-27H,10,12-15H2,1H3,(H2,31,33)/t20?,22?,23-,24-,26?,27+/m0/s1. The number of pyridine rings is 1. The molecule has 12 nitrogen and oxygen atoms in total. The van der Waals surface area contributed by atoms with Gasteiger partial charge in [-0.05, 0) is 6.07 Å². The van der Waals surface area contributed by atoms with Gasteiger partial charge in [0, 0.05) is 37.3 Å². The number of thioether (sulfide) groups is 1. The Morgan fingerprint density at radius 3 is 2.73 bits per heavy atom. The maximum absolute atomic E-state index is 6.72. The number of thiazole rings is 1. The van der Waals surface area contributed by atoms with E-state index in [1.54, 1.807) is 18.0 Å². The Kier molecular flexibility index (Phi) is 7.50. The minimum atomic E-state index is -0.565. The fourth-order valence-electron chi connectivity index (χ4n) is 6.29. The van der Waals surface area contributed by atoms with Crippen molar-refractivity contribution in [3.8, 4) is 11.4 Å². The van der Waals surface area contributed by atoms with Gasteiger partial charge in [-0.2, -0.15) is 0 Å². The van der Waals surface area contributed by atoms with Crippen molar-refractivity contribution in [3.63, 3.8) is 0 Å². The van der Waals surface area contributed by atoms with Gasteiger partial charge in [-0.1, -0.05) is 58.9 Å². The molecule has 2 N–H and O–H groups in total. The number of halogens is 1. The van der Waals surface area contributed by atoms with Crippen LogP contribution in [0.5, 0.6) is 0 Å². The molecule has 0 saturated carbocycles. The van der Waals surface area contributed by atoms with Gasteiger partial charge in [0.15, 0.2) is 11.4 Å². The highest BCUT2D eigenvalue weighted by atomic mass is 35.5. The van der Waals surface area contributed by atoms with Crippen LogP contribution in [0.4, 0.5) is 10.9 Å². The molecule has 1 spiro atoms. The van der Waals surface area contributed by atoms with E-state index < -0.39 is 36.1 Å². The summed E-state index contributed by atoms with van der Waals surface area (Å²) >= 11 is 9.36. The van der Waals surface area contributed by atoms with Crippen LogP contribution in [0.25, 0.3) is 11.4 Å². The van der Waals surface area contributed by atoms with Crippen LogP contribution in [0, 0.1) is 5.41 Å². The molecule has 3 unspecified atom stereocenters. The molecule has 0 amide bonds. The molecule has 44 heavy (non-hydrogen) atoms. The third-order valence-corrected chi connectivity index (χ3v) is 10.5. The summed E-state index contributed by atoms with van der Waals surface area (Å²) in [5, 5.41) is 11.9. The molecule has 0 radical (unpaired) electrons. The SMILES string of the molecule is CO[C@H]1C(n2cc(-c3csc(N)n3)nn2)[C@H]2OC(c3ccccc3)OCC2O[C@@H]1Sc1cc(Cl)cnc1N1CC2(COC2)C1. The number of nitrogens with zero attached hydrogens (tertiary/aromatic N) is 6. The first kappa shape index (κ1) is 28.6. The second kappa shape index (κ2) is 11.5. The van der Waals surface area contributed by atoms with E-state index >= 15 is 0 Å². The molecule has 0 aliphatic carbocycles. The van der Waals surface area contributed by atoms with E-state index in [0.29, 0.717) is 28.1 Å². The predicted octanol–water partition coefficient (Wildman–Crippen LogP) is 4.06. The molecule has 15 heteroatoms. The van der Waals surface area contributed by atoms with Gasteiger partial charge in [0.05, 0.1) is 41.4 Å². The van der Waals surface area contributed by atoms with Crippen molar-refractivity contribution in [2.45, 2.75) is 41.0 Å². The lowest BCUT2D eigenvalue weighted by Crippen LogP contribution is -2.66. The van der Waals surface area contributed by atoms with Crippen molar-refractivity contribution >= 4 is 45.6 Å².